The number of hydrogen-bond donors (Lipinski definition) is 0. The topological polar surface area (TPSA) is 28.5 Å². The molecule has 0 spiro atoms. The monoisotopic (exact) mass is 625 g/mol. The summed E-state index contributed by atoms with van der Waals surface area (Å²) in [6.07, 6.45) is 0. The van der Waals surface area contributed by atoms with E-state index in [2.05, 4.69) is 0 Å². The smallest absolute Gasteiger partial charge is 0 e. The van der Waals surface area contributed by atoms with Crippen LogP contribution in [-0.4, -0.2) is 137 Å². The average molecular weight is 625 g/mol. The summed E-state index contributed by atoms with van der Waals surface area (Å²) in [6.45, 7) is 0. The molecule has 0 N–H and O–H groups in total. The van der Waals surface area contributed by atoms with Crippen molar-refractivity contribution in [2.75, 3.05) is 0 Å². The molecular weight excluding hydrogens is 621 g/mol. The van der Waals surface area contributed by atoms with Crippen molar-refractivity contribution in [1.29, 1.82) is 0 Å². The zero-order valence-electron chi connectivity index (χ0n) is 1.73. The molecule has 0 aromatic heterocycles. The largest absolute Gasteiger partial charge is 0 e. The summed E-state index contributed by atoms with van der Waals surface area (Å²) in [4.78, 5) is 0. The van der Waals surface area contributed by atoms with Crippen molar-refractivity contribution in [2.24, 2.45) is 0 Å². The van der Waals surface area contributed by atoms with Crippen molar-refractivity contribution in [3.8, 4) is 0 Å². The van der Waals surface area contributed by atoms with Gasteiger partial charge in [0.25, 0.3) is 0 Å². The molecule has 0 aliphatic carbocycles. The third kappa shape index (κ3) is 23.0. The molecule has 1 nitrogen and oxygen atoms in total. The zero-order valence-corrected chi connectivity index (χ0v) is 10.6. The summed E-state index contributed by atoms with van der Waals surface area (Å²) in [5, 5.41) is 0. The Morgan fingerprint density at radius 1 is 1.00 bits per heavy atom. The van der Waals surface area contributed by atoms with Gasteiger partial charge in [0.1, 0.15) is 0 Å². The molecule has 0 amide bonds. The van der Waals surface area contributed by atoms with Crippen LogP contribution in [0.25, 0.3) is 0 Å². The van der Waals surface area contributed by atoms with Gasteiger partial charge in [0.15, 0.2) is 0 Å². The quantitative estimate of drug-likeness (QED) is 0.263. The maximum atomic E-state index is 0. The molecule has 6 heteroatoms. The average Bonchev–Trinajstić information content (AvgIpc) is 0. The molecule has 0 bridgehead atoms. The van der Waals surface area contributed by atoms with Crippen molar-refractivity contribution in [3.63, 3.8) is 0 Å². The molecule has 0 unspecified atom stereocenters. The molecular formula is H4BiCaCuOSrTl. The van der Waals surface area contributed by atoms with Crippen molar-refractivity contribution in [3.05, 3.63) is 0 Å². The maximum absolute atomic E-state index is 0. The molecule has 0 saturated heterocycles. The Morgan fingerprint density at radius 3 is 1.00 bits per heavy atom. The second-order valence-electron chi connectivity index (χ2n) is 0. The SMILES string of the molecule is [Bi].[CaH2].[Cu+2].[O-2].[SrH2].[Tl]. The minimum absolute atomic E-state index is 0. The van der Waals surface area contributed by atoms with Crippen LogP contribution in [0.2, 0.25) is 0 Å². The van der Waals surface area contributed by atoms with Gasteiger partial charge in [-0.3, -0.25) is 0 Å². The summed E-state index contributed by atoms with van der Waals surface area (Å²) in [7, 11) is 0. The fraction of sp³-hybridized carbons (Fsp3) is 0. The third-order valence-electron chi connectivity index (χ3n) is 0. The van der Waals surface area contributed by atoms with Gasteiger partial charge >= 0.3 is 100 Å². The Morgan fingerprint density at radius 2 is 1.00 bits per heavy atom. The van der Waals surface area contributed by atoms with Gasteiger partial charge in [0.2, 0.25) is 0 Å². The van der Waals surface area contributed by atoms with E-state index in [0.29, 0.717) is 0 Å². The first kappa shape index (κ1) is 43.9. The maximum Gasteiger partial charge on any atom is 0 e. The van der Waals surface area contributed by atoms with E-state index < -0.39 is 0 Å². The molecule has 0 fully saturated rings. The van der Waals surface area contributed by atoms with Crippen LogP contribution in [0.1, 0.15) is 0 Å². The molecule has 0 atom stereocenters. The molecule has 0 rings (SSSR count). The van der Waals surface area contributed by atoms with E-state index >= 15 is 0 Å². The Hall–Kier alpha value is 5.02. The Bertz CT molecular complexity index is 15.5. The molecule has 6 heavy (non-hydrogen) atoms. The minimum Gasteiger partial charge on any atom is 0 e. The molecule has 0 aromatic rings. The zero-order chi connectivity index (χ0) is 0. The van der Waals surface area contributed by atoms with E-state index in [0.717, 1.165) is 0 Å². The molecule has 33 valence electrons. The van der Waals surface area contributed by atoms with E-state index in [4.69, 9.17) is 0 Å². The van der Waals surface area contributed by atoms with Crippen LogP contribution in [0.15, 0.2) is 0 Å². The molecule has 0 aliphatic heterocycles. The summed E-state index contributed by atoms with van der Waals surface area (Å²) >= 11 is 0. The third-order valence-corrected chi connectivity index (χ3v) is 0. The van der Waals surface area contributed by atoms with Crippen molar-refractivity contribution < 1.29 is 22.5 Å². The van der Waals surface area contributed by atoms with Crippen molar-refractivity contribution >= 4 is 137 Å². The van der Waals surface area contributed by atoms with Crippen molar-refractivity contribution in [2.45, 2.75) is 0 Å². The van der Waals surface area contributed by atoms with Crippen LogP contribution in [-0.2, 0) is 22.5 Å². The van der Waals surface area contributed by atoms with E-state index in [9.17, 15) is 0 Å². The van der Waals surface area contributed by atoms with Crippen LogP contribution in [0.4, 0.5) is 0 Å². The second kappa shape index (κ2) is 32.3. The Labute approximate surface area is 154 Å². The Balaban J connectivity index is 0. The van der Waals surface area contributed by atoms with Gasteiger partial charge in [-0.25, -0.2) is 0 Å². The summed E-state index contributed by atoms with van der Waals surface area (Å²) in [6, 6.07) is 0. The van der Waals surface area contributed by atoms with Crippen LogP contribution in [0.5, 0.6) is 0 Å². The van der Waals surface area contributed by atoms with Gasteiger partial charge in [0, 0.05) is 53.5 Å². The standard InChI is InChI=1S/Bi.Ca.Cu.O.Sr.Tl.4H/q;;+2;-2;;;;;;. The number of hydrogen-bond acceptors (Lipinski definition) is 0. The van der Waals surface area contributed by atoms with Crippen LogP contribution < -0.4 is 0 Å². The molecule has 0 saturated carbocycles. The molecule has 0 aromatic carbocycles. The fourth-order valence-corrected chi connectivity index (χ4v) is 0. The minimum atomic E-state index is 0. The normalized spacial score (nSPS) is 0. The first-order valence-corrected chi connectivity index (χ1v) is 0. The van der Waals surface area contributed by atoms with Crippen molar-refractivity contribution in [1.82, 2.24) is 0 Å². The first-order valence-electron chi connectivity index (χ1n) is 0. The van der Waals surface area contributed by atoms with E-state index in [1.807, 2.05) is 0 Å². The van der Waals surface area contributed by atoms with Crippen LogP contribution in [0, 0.1) is 0 Å². The van der Waals surface area contributed by atoms with E-state index in [-0.39, 0.29) is 159 Å². The van der Waals surface area contributed by atoms with Gasteiger partial charge in [-0.05, 0) is 0 Å². The molecule has 0 heterocycles. The van der Waals surface area contributed by atoms with Gasteiger partial charge in [0.05, 0.1) is 0 Å². The van der Waals surface area contributed by atoms with Gasteiger partial charge in [-0.15, -0.1) is 0 Å². The summed E-state index contributed by atoms with van der Waals surface area (Å²) in [5.74, 6) is 0. The van der Waals surface area contributed by atoms with E-state index in [1.54, 1.807) is 0 Å². The molecule has 0 aliphatic rings. The fourth-order valence-electron chi connectivity index (χ4n) is 0. The number of rotatable bonds is 0. The van der Waals surface area contributed by atoms with Gasteiger partial charge in [-0.1, -0.05) is 0 Å². The summed E-state index contributed by atoms with van der Waals surface area (Å²) < 4.78 is 0. The van der Waals surface area contributed by atoms with Crippen LogP contribution >= 0.6 is 0 Å². The second-order valence-corrected chi connectivity index (χ2v) is 0. The first-order chi connectivity index (χ1) is 0. The summed E-state index contributed by atoms with van der Waals surface area (Å²) in [5.41, 5.74) is 0. The molecule has 5 radical (unpaired) electrons. The Kier molecular flexibility index (Phi) is 237. The van der Waals surface area contributed by atoms with Gasteiger partial charge in [-0.2, -0.15) is 0 Å². The van der Waals surface area contributed by atoms with Gasteiger partial charge < -0.3 is 5.48 Å². The predicted octanol–water partition coefficient (Wildman–Crippen LogP) is -2.72. The van der Waals surface area contributed by atoms with Crippen LogP contribution in [0.3, 0.4) is 0 Å². The predicted molar refractivity (Wildman–Crippen MR) is 29.3 cm³/mol. The van der Waals surface area contributed by atoms with E-state index in [1.165, 1.54) is 0 Å².